The zero-order valence-electron chi connectivity index (χ0n) is 16.2. The van der Waals surface area contributed by atoms with Crippen molar-refractivity contribution < 1.29 is 14.3 Å². The monoisotopic (exact) mass is 380 g/mol. The lowest BCUT2D eigenvalue weighted by Crippen LogP contribution is -2.36. The first kappa shape index (κ1) is 19.9. The minimum absolute atomic E-state index is 0.116. The van der Waals surface area contributed by atoms with Gasteiger partial charge in [-0.25, -0.2) is 0 Å². The van der Waals surface area contributed by atoms with Crippen molar-refractivity contribution in [2.24, 2.45) is 0 Å². The van der Waals surface area contributed by atoms with E-state index in [2.05, 4.69) is 10.6 Å². The van der Waals surface area contributed by atoms with Gasteiger partial charge in [0.15, 0.2) is 0 Å². The molecule has 0 aromatic heterocycles. The summed E-state index contributed by atoms with van der Waals surface area (Å²) in [5.41, 5.74) is 1.08. The number of hydrogen-bond donors (Lipinski definition) is 2. The van der Waals surface area contributed by atoms with Crippen LogP contribution in [0.1, 0.15) is 55.3 Å². The zero-order valence-corrected chi connectivity index (χ0v) is 16.2. The van der Waals surface area contributed by atoms with Crippen LogP contribution in [0.25, 0.3) is 0 Å². The molecule has 0 saturated heterocycles. The minimum atomic E-state index is -0.116. The topological polar surface area (TPSA) is 67.4 Å². The summed E-state index contributed by atoms with van der Waals surface area (Å²) in [4.78, 5) is 24.9. The smallest absolute Gasteiger partial charge is 0.253 e. The maximum absolute atomic E-state index is 12.7. The number of rotatable bonds is 8. The Morgan fingerprint density at radius 1 is 0.929 bits per heavy atom. The lowest BCUT2D eigenvalue weighted by Gasteiger charge is -2.23. The third-order valence-electron chi connectivity index (χ3n) is 4.95. The van der Waals surface area contributed by atoms with Crippen LogP contribution in [0.4, 0.5) is 5.69 Å². The molecule has 1 saturated carbocycles. The van der Waals surface area contributed by atoms with Gasteiger partial charge in [0.25, 0.3) is 5.91 Å². The Hall–Kier alpha value is -2.82. The van der Waals surface area contributed by atoms with E-state index in [0.29, 0.717) is 30.7 Å². The molecular weight excluding hydrogens is 352 g/mol. The maximum Gasteiger partial charge on any atom is 0.253 e. The number of carbonyl (C=O) groups is 2. The van der Waals surface area contributed by atoms with E-state index in [1.165, 1.54) is 6.42 Å². The first-order valence-electron chi connectivity index (χ1n) is 10.1. The van der Waals surface area contributed by atoms with Crippen LogP contribution >= 0.6 is 0 Å². The van der Waals surface area contributed by atoms with Crippen LogP contribution in [-0.4, -0.2) is 24.5 Å². The normalized spacial score (nSPS) is 14.3. The Morgan fingerprint density at radius 3 is 2.43 bits per heavy atom. The van der Waals surface area contributed by atoms with E-state index in [1.807, 2.05) is 42.5 Å². The molecule has 5 heteroatoms. The Balaban J connectivity index is 1.48. The summed E-state index contributed by atoms with van der Waals surface area (Å²) in [6.07, 6.45) is 6.57. The van der Waals surface area contributed by atoms with E-state index in [4.69, 9.17) is 4.74 Å². The van der Waals surface area contributed by atoms with Gasteiger partial charge in [0.2, 0.25) is 5.91 Å². The van der Waals surface area contributed by atoms with Crippen LogP contribution in [0.5, 0.6) is 5.75 Å². The number of amides is 2. The molecule has 0 bridgehead atoms. The molecular formula is C23H28N2O3. The van der Waals surface area contributed by atoms with E-state index in [-0.39, 0.29) is 17.9 Å². The van der Waals surface area contributed by atoms with Gasteiger partial charge in [0, 0.05) is 12.5 Å². The number of para-hydroxylation sites is 2. The highest BCUT2D eigenvalue weighted by atomic mass is 16.5. The molecule has 0 atom stereocenters. The van der Waals surface area contributed by atoms with Crippen LogP contribution in [0.15, 0.2) is 54.6 Å². The molecule has 0 aliphatic heterocycles. The molecule has 2 N–H and O–H groups in total. The first-order chi connectivity index (χ1) is 13.7. The van der Waals surface area contributed by atoms with Gasteiger partial charge in [0.05, 0.1) is 17.9 Å². The first-order valence-corrected chi connectivity index (χ1v) is 10.1. The minimum Gasteiger partial charge on any atom is -0.494 e. The second-order valence-electron chi connectivity index (χ2n) is 7.17. The van der Waals surface area contributed by atoms with Crippen LogP contribution in [0.2, 0.25) is 0 Å². The molecule has 0 unspecified atom stereocenters. The Bertz CT molecular complexity index is 770. The van der Waals surface area contributed by atoms with E-state index < -0.39 is 0 Å². The number of anilines is 1. The molecule has 3 rings (SSSR count). The summed E-state index contributed by atoms with van der Waals surface area (Å²) in [7, 11) is 0. The summed E-state index contributed by atoms with van der Waals surface area (Å²) in [6, 6.07) is 16.9. The highest BCUT2D eigenvalue weighted by molar-refractivity contribution is 6.03. The van der Waals surface area contributed by atoms with Crippen LogP contribution in [0, 0.1) is 0 Å². The molecule has 148 valence electrons. The summed E-state index contributed by atoms with van der Waals surface area (Å²) >= 11 is 0. The van der Waals surface area contributed by atoms with Crippen LogP contribution in [-0.2, 0) is 4.79 Å². The van der Waals surface area contributed by atoms with Gasteiger partial charge < -0.3 is 15.4 Å². The molecule has 0 spiro atoms. The predicted molar refractivity (Wildman–Crippen MR) is 111 cm³/mol. The van der Waals surface area contributed by atoms with Crippen LogP contribution in [0.3, 0.4) is 0 Å². The van der Waals surface area contributed by atoms with Gasteiger partial charge in [-0.3, -0.25) is 9.59 Å². The molecule has 5 nitrogen and oxygen atoms in total. The van der Waals surface area contributed by atoms with E-state index in [1.54, 1.807) is 12.1 Å². The predicted octanol–water partition coefficient (Wildman–Crippen LogP) is 4.55. The van der Waals surface area contributed by atoms with Crippen molar-refractivity contribution in [3.63, 3.8) is 0 Å². The molecule has 1 fully saturated rings. The molecule has 1 aliphatic rings. The van der Waals surface area contributed by atoms with E-state index in [0.717, 1.165) is 31.4 Å². The van der Waals surface area contributed by atoms with E-state index >= 15 is 0 Å². The fourth-order valence-corrected chi connectivity index (χ4v) is 3.45. The summed E-state index contributed by atoms with van der Waals surface area (Å²) < 4.78 is 5.61. The molecule has 2 aromatic rings. The van der Waals surface area contributed by atoms with Crippen LogP contribution < -0.4 is 15.4 Å². The van der Waals surface area contributed by atoms with Crippen molar-refractivity contribution in [2.45, 2.75) is 51.0 Å². The van der Waals surface area contributed by atoms with Gasteiger partial charge in [-0.05, 0) is 43.5 Å². The Morgan fingerprint density at radius 2 is 1.64 bits per heavy atom. The van der Waals surface area contributed by atoms with Gasteiger partial charge >= 0.3 is 0 Å². The summed E-state index contributed by atoms with van der Waals surface area (Å²) in [6.45, 7) is 0.473. The molecule has 0 radical (unpaired) electrons. The van der Waals surface area contributed by atoms with E-state index in [9.17, 15) is 9.59 Å². The summed E-state index contributed by atoms with van der Waals surface area (Å²) in [5, 5.41) is 5.98. The average molecular weight is 380 g/mol. The van der Waals surface area contributed by atoms with Crippen molar-refractivity contribution in [1.82, 2.24) is 5.32 Å². The standard InChI is InChI=1S/C23H28N2O3/c26-22(16-9-17-28-19-12-5-2-6-13-19)25-21-15-8-7-14-20(21)23(27)24-18-10-3-1-4-11-18/h2,5-8,12-15,18H,1,3-4,9-11,16-17H2,(H,24,27)(H,25,26). The number of benzene rings is 2. The van der Waals surface area contributed by atoms with Crippen molar-refractivity contribution >= 4 is 17.5 Å². The third-order valence-corrected chi connectivity index (χ3v) is 4.95. The number of carbonyl (C=O) groups excluding carboxylic acids is 2. The van der Waals surface area contributed by atoms with Crippen molar-refractivity contribution in [3.05, 3.63) is 60.2 Å². The second kappa shape index (κ2) is 10.5. The van der Waals surface area contributed by atoms with Crippen molar-refractivity contribution in [2.75, 3.05) is 11.9 Å². The van der Waals surface area contributed by atoms with Gasteiger partial charge in [-0.1, -0.05) is 49.6 Å². The second-order valence-corrected chi connectivity index (χ2v) is 7.17. The fourth-order valence-electron chi connectivity index (χ4n) is 3.45. The Kier molecular flexibility index (Phi) is 7.47. The highest BCUT2D eigenvalue weighted by Crippen LogP contribution is 2.20. The molecule has 28 heavy (non-hydrogen) atoms. The lowest BCUT2D eigenvalue weighted by atomic mass is 9.95. The Labute approximate surface area is 166 Å². The van der Waals surface area contributed by atoms with Gasteiger partial charge in [0.1, 0.15) is 5.75 Å². The largest absolute Gasteiger partial charge is 0.494 e. The van der Waals surface area contributed by atoms with Crippen molar-refractivity contribution in [3.8, 4) is 5.75 Å². The van der Waals surface area contributed by atoms with Gasteiger partial charge in [-0.15, -0.1) is 0 Å². The molecule has 2 aromatic carbocycles. The maximum atomic E-state index is 12.7. The zero-order chi connectivity index (χ0) is 19.6. The lowest BCUT2D eigenvalue weighted by molar-refractivity contribution is -0.116. The summed E-state index contributed by atoms with van der Waals surface area (Å²) in [5.74, 6) is 0.567. The van der Waals surface area contributed by atoms with Gasteiger partial charge in [-0.2, -0.15) is 0 Å². The molecule has 2 amide bonds. The number of hydrogen-bond acceptors (Lipinski definition) is 3. The fraction of sp³-hybridized carbons (Fsp3) is 0.391. The highest BCUT2D eigenvalue weighted by Gasteiger charge is 2.19. The molecule has 0 heterocycles. The quantitative estimate of drug-likeness (QED) is 0.661. The molecule has 1 aliphatic carbocycles. The number of ether oxygens (including phenoxy) is 1. The SMILES string of the molecule is O=C(CCCOc1ccccc1)Nc1ccccc1C(=O)NC1CCCCC1. The average Bonchev–Trinajstić information content (AvgIpc) is 2.73. The van der Waals surface area contributed by atoms with Crippen molar-refractivity contribution in [1.29, 1.82) is 0 Å². The number of nitrogens with one attached hydrogen (secondary N) is 2. The third kappa shape index (κ3) is 6.12.